The van der Waals surface area contributed by atoms with Crippen LogP contribution in [0.25, 0.3) is 0 Å². The summed E-state index contributed by atoms with van der Waals surface area (Å²) < 4.78 is 0. The molecule has 1 heteroatoms. The van der Waals surface area contributed by atoms with Gasteiger partial charge in [-0.05, 0) is 24.5 Å². The van der Waals surface area contributed by atoms with Crippen LogP contribution in [0.5, 0.6) is 0 Å². The third-order valence-corrected chi connectivity index (χ3v) is 2.51. The third-order valence-electron chi connectivity index (χ3n) is 2.51. The van der Waals surface area contributed by atoms with Gasteiger partial charge in [-0.3, -0.25) is 0 Å². The lowest BCUT2D eigenvalue weighted by Crippen LogP contribution is -2.24. The molecule has 1 nitrogen and oxygen atoms in total. The van der Waals surface area contributed by atoms with Crippen molar-refractivity contribution in [1.29, 1.82) is 0 Å². The number of terminal acetylenes is 1. The van der Waals surface area contributed by atoms with Crippen LogP contribution < -0.4 is 5.32 Å². The van der Waals surface area contributed by atoms with E-state index >= 15 is 0 Å². The van der Waals surface area contributed by atoms with Gasteiger partial charge in [0.2, 0.25) is 0 Å². The van der Waals surface area contributed by atoms with Crippen molar-refractivity contribution in [1.82, 2.24) is 5.32 Å². The number of benzene rings is 1. The molecule has 0 bridgehead atoms. The molecule has 1 N–H and O–H groups in total. The number of nitrogens with one attached hydrogen (secondary N) is 1. The van der Waals surface area contributed by atoms with Gasteiger partial charge in [0.15, 0.2) is 0 Å². The lowest BCUT2D eigenvalue weighted by molar-refractivity contribution is 0.559. The van der Waals surface area contributed by atoms with E-state index in [1.54, 1.807) is 0 Å². The van der Waals surface area contributed by atoms with Crippen molar-refractivity contribution in [3.63, 3.8) is 0 Å². The summed E-state index contributed by atoms with van der Waals surface area (Å²) in [5.41, 5.74) is 2.70. The summed E-state index contributed by atoms with van der Waals surface area (Å²) in [7, 11) is 0. The molecule has 0 aliphatic rings. The predicted octanol–water partition coefficient (Wildman–Crippen LogP) is 2.75. The highest BCUT2D eigenvalue weighted by molar-refractivity contribution is 5.22. The van der Waals surface area contributed by atoms with Crippen LogP contribution in [0.4, 0.5) is 0 Å². The Balaban J connectivity index is 2.41. The van der Waals surface area contributed by atoms with Crippen LogP contribution in [0, 0.1) is 12.3 Å². The monoisotopic (exact) mass is 201 g/mol. The quantitative estimate of drug-likeness (QED) is 0.722. The molecule has 0 radical (unpaired) electrons. The van der Waals surface area contributed by atoms with Gasteiger partial charge in [0.25, 0.3) is 0 Å². The maximum atomic E-state index is 5.25. The van der Waals surface area contributed by atoms with Gasteiger partial charge < -0.3 is 5.32 Å². The average Bonchev–Trinajstić information content (AvgIpc) is 2.27. The van der Waals surface area contributed by atoms with Gasteiger partial charge in [-0.15, -0.1) is 12.3 Å². The molecule has 1 rings (SSSR count). The van der Waals surface area contributed by atoms with E-state index in [4.69, 9.17) is 6.42 Å². The van der Waals surface area contributed by atoms with Crippen LogP contribution in [0.2, 0.25) is 0 Å². The van der Waals surface area contributed by atoms with Gasteiger partial charge >= 0.3 is 0 Å². The highest BCUT2D eigenvalue weighted by Crippen LogP contribution is 2.05. The van der Waals surface area contributed by atoms with Crippen molar-refractivity contribution in [2.75, 3.05) is 0 Å². The molecule has 0 amide bonds. The average molecular weight is 201 g/mol. The Kier molecular flexibility index (Phi) is 4.93. The minimum absolute atomic E-state index is 0.390. The van der Waals surface area contributed by atoms with Crippen molar-refractivity contribution >= 4 is 0 Å². The molecule has 1 aromatic rings. The lowest BCUT2D eigenvalue weighted by Gasteiger charge is -2.10. The zero-order chi connectivity index (χ0) is 11.1. The minimum atomic E-state index is 0.390. The Labute approximate surface area is 92.9 Å². The fourth-order valence-electron chi connectivity index (χ4n) is 1.43. The predicted molar refractivity (Wildman–Crippen MR) is 65.6 cm³/mol. The molecule has 1 atom stereocenters. The lowest BCUT2D eigenvalue weighted by atomic mass is 10.1. The molecule has 0 aliphatic heterocycles. The number of rotatable bonds is 5. The van der Waals surface area contributed by atoms with Crippen molar-refractivity contribution < 1.29 is 0 Å². The maximum Gasteiger partial charge on any atom is 0.0238 e. The zero-order valence-electron chi connectivity index (χ0n) is 9.59. The molecule has 80 valence electrons. The molecule has 0 aromatic heterocycles. The summed E-state index contributed by atoms with van der Waals surface area (Å²) in [4.78, 5) is 0. The molecule has 0 saturated carbocycles. The van der Waals surface area contributed by atoms with E-state index in [0.29, 0.717) is 6.04 Å². The highest BCUT2D eigenvalue weighted by Gasteiger charge is 1.99. The van der Waals surface area contributed by atoms with Crippen LogP contribution in [0.15, 0.2) is 24.3 Å². The Hall–Kier alpha value is -1.26. The normalized spacial score (nSPS) is 12.1. The second kappa shape index (κ2) is 6.27. The van der Waals surface area contributed by atoms with Gasteiger partial charge in [0.05, 0.1) is 0 Å². The first-order valence-electron chi connectivity index (χ1n) is 5.51. The summed E-state index contributed by atoms with van der Waals surface area (Å²) in [6, 6.07) is 9.11. The van der Waals surface area contributed by atoms with Crippen LogP contribution in [0.3, 0.4) is 0 Å². The third kappa shape index (κ3) is 4.18. The smallest absolute Gasteiger partial charge is 0.0238 e. The first-order chi connectivity index (χ1) is 7.26. The van der Waals surface area contributed by atoms with Gasteiger partial charge in [0.1, 0.15) is 0 Å². The first kappa shape index (κ1) is 11.8. The molecule has 1 aromatic carbocycles. The van der Waals surface area contributed by atoms with Crippen LogP contribution in [-0.4, -0.2) is 6.04 Å². The molecule has 1 unspecified atom stereocenters. The summed E-state index contributed by atoms with van der Waals surface area (Å²) in [6.45, 7) is 5.18. The second-order valence-corrected chi connectivity index (χ2v) is 3.86. The fourth-order valence-corrected chi connectivity index (χ4v) is 1.43. The second-order valence-electron chi connectivity index (χ2n) is 3.86. The number of hydrogen-bond donors (Lipinski definition) is 1. The van der Waals surface area contributed by atoms with Crippen LogP contribution in [0.1, 0.15) is 31.4 Å². The van der Waals surface area contributed by atoms with E-state index in [9.17, 15) is 0 Å². The van der Waals surface area contributed by atoms with E-state index in [1.165, 1.54) is 11.1 Å². The molecule has 0 spiro atoms. The molecular weight excluding hydrogens is 182 g/mol. The van der Waals surface area contributed by atoms with Crippen LogP contribution in [-0.2, 0) is 13.0 Å². The van der Waals surface area contributed by atoms with Gasteiger partial charge in [-0.1, -0.05) is 31.2 Å². The summed E-state index contributed by atoms with van der Waals surface area (Å²) in [6.07, 6.45) is 7.13. The van der Waals surface area contributed by atoms with Crippen molar-refractivity contribution in [3.05, 3.63) is 35.4 Å². The van der Waals surface area contributed by atoms with Crippen molar-refractivity contribution in [3.8, 4) is 12.3 Å². The Morgan fingerprint density at radius 1 is 1.27 bits per heavy atom. The zero-order valence-corrected chi connectivity index (χ0v) is 9.59. The molecule has 15 heavy (non-hydrogen) atoms. The van der Waals surface area contributed by atoms with Gasteiger partial charge in [-0.2, -0.15) is 0 Å². The summed E-state index contributed by atoms with van der Waals surface area (Å²) in [5.74, 6) is 2.66. The highest BCUT2D eigenvalue weighted by atomic mass is 14.9. The summed E-state index contributed by atoms with van der Waals surface area (Å²) >= 11 is 0. The molecule has 0 fully saturated rings. The van der Waals surface area contributed by atoms with E-state index in [-0.39, 0.29) is 0 Å². The molecule has 0 heterocycles. The molecular formula is C14H19N. The Bertz CT molecular complexity index is 318. The maximum absolute atomic E-state index is 5.25. The van der Waals surface area contributed by atoms with Crippen LogP contribution >= 0.6 is 0 Å². The van der Waals surface area contributed by atoms with E-state index in [2.05, 4.69) is 49.4 Å². The molecule has 0 saturated heterocycles. The van der Waals surface area contributed by atoms with E-state index in [1.807, 2.05) is 0 Å². The Morgan fingerprint density at radius 2 is 1.87 bits per heavy atom. The van der Waals surface area contributed by atoms with Crippen molar-refractivity contribution in [2.24, 2.45) is 0 Å². The van der Waals surface area contributed by atoms with E-state index < -0.39 is 0 Å². The topological polar surface area (TPSA) is 12.0 Å². The fraction of sp³-hybridized carbons (Fsp3) is 0.429. The van der Waals surface area contributed by atoms with E-state index in [0.717, 1.165) is 19.4 Å². The standard InChI is InChI=1S/C14H19N/c1-4-6-12(3)15-11-14-9-7-13(5-2)8-10-14/h1,7-10,12,15H,5-6,11H2,2-3H3. The number of hydrogen-bond acceptors (Lipinski definition) is 1. The first-order valence-corrected chi connectivity index (χ1v) is 5.51. The minimum Gasteiger partial charge on any atom is -0.309 e. The largest absolute Gasteiger partial charge is 0.309 e. The Morgan fingerprint density at radius 3 is 2.40 bits per heavy atom. The van der Waals surface area contributed by atoms with Crippen molar-refractivity contribution in [2.45, 2.75) is 39.3 Å². The summed E-state index contributed by atoms with van der Waals surface area (Å²) in [5, 5.41) is 3.39. The SMILES string of the molecule is C#CCC(C)NCc1ccc(CC)cc1. The molecule has 0 aliphatic carbocycles. The van der Waals surface area contributed by atoms with Gasteiger partial charge in [0, 0.05) is 19.0 Å². The number of aryl methyl sites for hydroxylation is 1. The van der Waals surface area contributed by atoms with Gasteiger partial charge in [-0.25, -0.2) is 0 Å².